The zero-order chi connectivity index (χ0) is 12.5. The molecule has 100 valence electrons. The summed E-state index contributed by atoms with van der Waals surface area (Å²) in [6, 6.07) is 0. The maximum atomic E-state index is 6.07. The second kappa shape index (κ2) is 5.27. The summed E-state index contributed by atoms with van der Waals surface area (Å²) < 4.78 is 0. The molecule has 2 heteroatoms. The average Bonchev–Trinajstić information content (AvgIpc) is 2.37. The van der Waals surface area contributed by atoms with Gasteiger partial charge in [-0.05, 0) is 44.1 Å². The highest BCUT2D eigenvalue weighted by Gasteiger charge is 2.40. The highest BCUT2D eigenvalue weighted by atomic mass is 15.2. The molecule has 2 aliphatic rings. The summed E-state index contributed by atoms with van der Waals surface area (Å²) in [6.07, 6.45) is 7.28. The first kappa shape index (κ1) is 13.4. The van der Waals surface area contributed by atoms with Gasteiger partial charge in [-0.2, -0.15) is 0 Å². The van der Waals surface area contributed by atoms with Crippen LogP contribution in [0.1, 0.15) is 52.9 Å². The van der Waals surface area contributed by atoms with E-state index in [4.69, 9.17) is 5.73 Å². The predicted octanol–water partition coefficient (Wildman–Crippen LogP) is 2.87. The zero-order valence-corrected chi connectivity index (χ0v) is 11.9. The molecule has 3 unspecified atom stereocenters. The van der Waals surface area contributed by atoms with E-state index in [9.17, 15) is 0 Å². The molecule has 2 fully saturated rings. The van der Waals surface area contributed by atoms with Crippen LogP contribution in [-0.4, -0.2) is 30.1 Å². The molecule has 2 rings (SSSR count). The Labute approximate surface area is 107 Å². The number of fused-ring (bicyclic) bond motifs is 1. The van der Waals surface area contributed by atoms with E-state index in [-0.39, 0.29) is 5.54 Å². The van der Waals surface area contributed by atoms with Crippen molar-refractivity contribution >= 4 is 0 Å². The number of hydrogen-bond acceptors (Lipinski definition) is 2. The van der Waals surface area contributed by atoms with E-state index in [0.29, 0.717) is 5.92 Å². The Balaban J connectivity index is 2.03. The quantitative estimate of drug-likeness (QED) is 0.819. The summed E-state index contributed by atoms with van der Waals surface area (Å²) in [5.41, 5.74) is 6.28. The van der Waals surface area contributed by atoms with Crippen molar-refractivity contribution in [3.63, 3.8) is 0 Å². The van der Waals surface area contributed by atoms with Crippen molar-refractivity contribution < 1.29 is 0 Å². The smallest absolute Gasteiger partial charge is 0.0326 e. The summed E-state index contributed by atoms with van der Waals surface area (Å²) in [5.74, 6) is 2.63. The van der Waals surface area contributed by atoms with Crippen molar-refractivity contribution in [2.45, 2.75) is 58.4 Å². The first-order valence-electron chi connectivity index (χ1n) is 7.53. The van der Waals surface area contributed by atoms with Gasteiger partial charge in [0.2, 0.25) is 0 Å². The Hall–Kier alpha value is -0.0800. The number of rotatable bonds is 3. The number of nitrogens with zero attached hydrogens (tertiary/aromatic N) is 1. The van der Waals surface area contributed by atoms with E-state index >= 15 is 0 Å². The Kier molecular flexibility index (Phi) is 4.14. The second-order valence-electron chi connectivity index (χ2n) is 6.76. The standard InChI is InChI=1S/C15H30N2/c1-12(2)15(3,11-16)17-9-8-13-6-4-5-7-14(13)10-17/h12-14H,4-11,16H2,1-3H3. The van der Waals surface area contributed by atoms with Gasteiger partial charge in [-0.3, -0.25) is 4.90 Å². The SMILES string of the molecule is CC(C)C(C)(CN)N1CCC2CCCCC2C1. The van der Waals surface area contributed by atoms with Gasteiger partial charge < -0.3 is 5.73 Å². The van der Waals surface area contributed by atoms with Gasteiger partial charge in [-0.15, -0.1) is 0 Å². The molecule has 0 bridgehead atoms. The van der Waals surface area contributed by atoms with E-state index in [1.807, 2.05) is 0 Å². The topological polar surface area (TPSA) is 29.3 Å². The molecule has 0 amide bonds. The van der Waals surface area contributed by atoms with Gasteiger partial charge in [0.15, 0.2) is 0 Å². The van der Waals surface area contributed by atoms with Crippen molar-refractivity contribution in [1.82, 2.24) is 4.90 Å². The highest BCUT2D eigenvalue weighted by Crippen LogP contribution is 2.39. The van der Waals surface area contributed by atoms with E-state index in [1.54, 1.807) is 0 Å². The predicted molar refractivity (Wildman–Crippen MR) is 73.9 cm³/mol. The van der Waals surface area contributed by atoms with Gasteiger partial charge in [-0.1, -0.05) is 33.1 Å². The molecule has 0 aromatic carbocycles. The molecule has 2 nitrogen and oxygen atoms in total. The first-order valence-corrected chi connectivity index (χ1v) is 7.53. The monoisotopic (exact) mass is 238 g/mol. The van der Waals surface area contributed by atoms with Crippen LogP contribution in [0.5, 0.6) is 0 Å². The van der Waals surface area contributed by atoms with Gasteiger partial charge in [0.25, 0.3) is 0 Å². The van der Waals surface area contributed by atoms with Crippen LogP contribution in [0.4, 0.5) is 0 Å². The fourth-order valence-corrected chi connectivity index (χ4v) is 3.79. The molecule has 1 heterocycles. The number of likely N-dealkylation sites (tertiary alicyclic amines) is 1. The average molecular weight is 238 g/mol. The van der Waals surface area contributed by atoms with Crippen LogP contribution < -0.4 is 5.73 Å². The first-order chi connectivity index (χ1) is 8.08. The van der Waals surface area contributed by atoms with Crippen molar-refractivity contribution in [3.05, 3.63) is 0 Å². The minimum absolute atomic E-state index is 0.211. The second-order valence-corrected chi connectivity index (χ2v) is 6.76. The van der Waals surface area contributed by atoms with Crippen molar-refractivity contribution in [2.24, 2.45) is 23.5 Å². The lowest BCUT2D eigenvalue weighted by atomic mass is 9.73. The zero-order valence-electron chi connectivity index (χ0n) is 11.9. The van der Waals surface area contributed by atoms with E-state index in [2.05, 4.69) is 25.7 Å². The normalized spacial score (nSPS) is 34.4. The van der Waals surface area contributed by atoms with Gasteiger partial charge in [0, 0.05) is 18.6 Å². The Morgan fingerprint density at radius 2 is 1.82 bits per heavy atom. The van der Waals surface area contributed by atoms with Crippen LogP contribution in [0.3, 0.4) is 0 Å². The van der Waals surface area contributed by atoms with Crippen LogP contribution in [0, 0.1) is 17.8 Å². The van der Waals surface area contributed by atoms with Crippen molar-refractivity contribution in [1.29, 1.82) is 0 Å². The summed E-state index contributed by atoms with van der Waals surface area (Å²) in [4.78, 5) is 2.70. The molecule has 2 N–H and O–H groups in total. The minimum Gasteiger partial charge on any atom is -0.329 e. The van der Waals surface area contributed by atoms with Crippen LogP contribution in [0.25, 0.3) is 0 Å². The fourth-order valence-electron chi connectivity index (χ4n) is 3.79. The molecule has 0 aromatic rings. The van der Waals surface area contributed by atoms with Crippen molar-refractivity contribution in [3.8, 4) is 0 Å². The van der Waals surface area contributed by atoms with Gasteiger partial charge in [-0.25, -0.2) is 0 Å². The molecule has 1 saturated heterocycles. The molecular formula is C15H30N2. The molecule has 1 aliphatic carbocycles. The lowest BCUT2D eigenvalue weighted by molar-refractivity contribution is -0.00655. The number of nitrogens with two attached hydrogens (primary N) is 1. The third-order valence-electron chi connectivity index (χ3n) is 5.67. The molecule has 0 aromatic heterocycles. The summed E-state index contributed by atoms with van der Waals surface area (Å²) in [7, 11) is 0. The number of piperidine rings is 1. The Bertz CT molecular complexity index is 251. The van der Waals surface area contributed by atoms with E-state index < -0.39 is 0 Å². The molecule has 0 spiro atoms. The van der Waals surface area contributed by atoms with E-state index in [1.165, 1.54) is 45.2 Å². The van der Waals surface area contributed by atoms with Gasteiger partial charge in [0.1, 0.15) is 0 Å². The molecule has 1 aliphatic heterocycles. The fraction of sp³-hybridized carbons (Fsp3) is 1.00. The molecular weight excluding hydrogens is 208 g/mol. The molecule has 3 atom stereocenters. The lowest BCUT2D eigenvalue weighted by Crippen LogP contribution is -2.59. The molecule has 17 heavy (non-hydrogen) atoms. The van der Waals surface area contributed by atoms with Crippen LogP contribution in [0.15, 0.2) is 0 Å². The summed E-state index contributed by atoms with van der Waals surface area (Å²) in [6.45, 7) is 10.4. The highest BCUT2D eigenvalue weighted by molar-refractivity contribution is 4.95. The summed E-state index contributed by atoms with van der Waals surface area (Å²) in [5, 5.41) is 0. The molecule has 1 saturated carbocycles. The Morgan fingerprint density at radius 3 is 2.41 bits per heavy atom. The minimum atomic E-state index is 0.211. The van der Waals surface area contributed by atoms with E-state index in [0.717, 1.165) is 18.4 Å². The third kappa shape index (κ3) is 2.53. The van der Waals surface area contributed by atoms with Crippen LogP contribution in [-0.2, 0) is 0 Å². The largest absolute Gasteiger partial charge is 0.329 e. The van der Waals surface area contributed by atoms with Gasteiger partial charge in [0.05, 0.1) is 0 Å². The maximum Gasteiger partial charge on any atom is 0.0326 e. The van der Waals surface area contributed by atoms with Crippen LogP contribution >= 0.6 is 0 Å². The van der Waals surface area contributed by atoms with Crippen molar-refractivity contribution in [2.75, 3.05) is 19.6 Å². The number of hydrogen-bond donors (Lipinski definition) is 1. The van der Waals surface area contributed by atoms with Crippen LogP contribution in [0.2, 0.25) is 0 Å². The maximum absolute atomic E-state index is 6.07. The van der Waals surface area contributed by atoms with Gasteiger partial charge >= 0.3 is 0 Å². The third-order valence-corrected chi connectivity index (χ3v) is 5.67. The Morgan fingerprint density at radius 1 is 1.18 bits per heavy atom. The summed E-state index contributed by atoms with van der Waals surface area (Å²) >= 11 is 0. The molecule has 0 radical (unpaired) electrons. The lowest BCUT2D eigenvalue weighted by Gasteiger charge is -2.50.